The van der Waals surface area contributed by atoms with E-state index < -0.39 is 5.91 Å². The van der Waals surface area contributed by atoms with Crippen LogP contribution in [0.1, 0.15) is 16.2 Å². The molecule has 0 saturated heterocycles. The molecule has 0 aliphatic heterocycles. The Kier molecular flexibility index (Phi) is 5.35. The number of halogens is 3. The van der Waals surface area contributed by atoms with Gasteiger partial charge >= 0.3 is 0 Å². The molecule has 0 spiro atoms. The first-order valence-electron chi connectivity index (χ1n) is 7.55. The van der Waals surface area contributed by atoms with Gasteiger partial charge in [0, 0.05) is 16.4 Å². The fraction of sp³-hybridized carbons (Fsp3) is 0.0556. The molecular formula is C18H13Cl2FN4O. The van der Waals surface area contributed by atoms with Crippen molar-refractivity contribution in [2.24, 2.45) is 0 Å². The second-order valence-electron chi connectivity index (χ2n) is 5.43. The first-order valence-corrected chi connectivity index (χ1v) is 8.31. The number of hydrogen-bond donors (Lipinski definition) is 2. The summed E-state index contributed by atoms with van der Waals surface area (Å²) >= 11 is 12.0. The highest BCUT2D eigenvalue weighted by Gasteiger charge is 2.12. The van der Waals surface area contributed by atoms with Crippen LogP contribution in [0.2, 0.25) is 10.0 Å². The van der Waals surface area contributed by atoms with Crippen molar-refractivity contribution < 1.29 is 9.18 Å². The molecule has 3 rings (SSSR count). The van der Waals surface area contributed by atoms with Gasteiger partial charge in [-0.3, -0.25) is 4.79 Å². The highest BCUT2D eigenvalue weighted by molar-refractivity contribution is 6.36. The van der Waals surface area contributed by atoms with Gasteiger partial charge in [0.15, 0.2) is 0 Å². The number of rotatable bonds is 4. The zero-order valence-corrected chi connectivity index (χ0v) is 15.1. The Morgan fingerprint density at radius 2 is 1.77 bits per heavy atom. The predicted octanol–water partition coefficient (Wildman–Crippen LogP) is 5.23. The van der Waals surface area contributed by atoms with Gasteiger partial charge < -0.3 is 10.6 Å². The van der Waals surface area contributed by atoms with E-state index in [1.165, 1.54) is 24.3 Å². The van der Waals surface area contributed by atoms with Gasteiger partial charge in [0.1, 0.15) is 11.5 Å². The predicted molar refractivity (Wildman–Crippen MR) is 101 cm³/mol. The van der Waals surface area contributed by atoms with E-state index in [1.54, 1.807) is 31.2 Å². The van der Waals surface area contributed by atoms with E-state index in [0.717, 1.165) is 0 Å². The third-order valence-electron chi connectivity index (χ3n) is 3.37. The number of aryl methyl sites for hydroxylation is 1. The molecule has 0 atom stereocenters. The summed E-state index contributed by atoms with van der Waals surface area (Å²) in [6.45, 7) is 1.74. The number of carbonyl (C=O) groups excluding carboxylic acids is 1. The van der Waals surface area contributed by atoms with Crippen LogP contribution in [-0.4, -0.2) is 15.9 Å². The molecule has 1 heterocycles. The maximum atomic E-state index is 13.0. The summed E-state index contributed by atoms with van der Waals surface area (Å²) in [5.74, 6) is -0.599. The lowest BCUT2D eigenvalue weighted by Gasteiger charge is -2.10. The minimum atomic E-state index is -0.438. The van der Waals surface area contributed by atoms with E-state index in [-0.39, 0.29) is 17.5 Å². The monoisotopic (exact) mass is 390 g/mol. The smallest absolute Gasteiger partial charge is 0.274 e. The van der Waals surface area contributed by atoms with Crippen LogP contribution >= 0.6 is 23.2 Å². The summed E-state index contributed by atoms with van der Waals surface area (Å²) < 4.78 is 13.0. The molecular weight excluding hydrogens is 378 g/mol. The average molecular weight is 391 g/mol. The van der Waals surface area contributed by atoms with E-state index in [9.17, 15) is 9.18 Å². The molecule has 0 aliphatic rings. The van der Waals surface area contributed by atoms with E-state index in [1.807, 2.05) is 0 Å². The van der Waals surface area contributed by atoms with Crippen molar-refractivity contribution in [1.29, 1.82) is 0 Å². The molecule has 0 fully saturated rings. The highest BCUT2D eigenvalue weighted by Crippen LogP contribution is 2.27. The van der Waals surface area contributed by atoms with Gasteiger partial charge in [-0.05, 0) is 55.5 Å². The maximum Gasteiger partial charge on any atom is 0.274 e. The van der Waals surface area contributed by atoms with Crippen LogP contribution in [0.25, 0.3) is 0 Å². The number of nitrogens with zero attached hydrogens (tertiary/aromatic N) is 2. The third-order valence-corrected chi connectivity index (χ3v) is 3.91. The van der Waals surface area contributed by atoms with Crippen LogP contribution in [0.5, 0.6) is 0 Å². The fourth-order valence-electron chi connectivity index (χ4n) is 2.18. The minimum absolute atomic E-state index is 0.161. The molecule has 8 heteroatoms. The van der Waals surface area contributed by atoms with Crippen molar-refractivity contribution in [2.75, 3.05) is 10.6 Å². The Bertz CT molecular complexity index is 964. The summed E-state index contributed by atoms with van der Waals surface area (Å²) in [5, 5.41) is 6.53. The lowest BCUT2D eigenvalue weighted by Crippen LogP contribution is -2.15. The number of carbonyl (C=O) groups is 1. The van der Waals surface area contributed by atoms with Gasteiger partial charge in [0.05, 0.1) is 10.7 Å². The molecule has 1 aromatic heterocycles. The zero-order valence-electron chi connectivity index (χ0n) is 13.6. The number of hydrogen-bond acceptors (Lipinski definition) is 4. The highest BCUT2D eigenvalue weighted by atomic mass is 35.5. The molecule has 0 radical (unpaired) electrons. The van der Waals surface area contributed by atoms with Gasteiger partial charge in [-0.1, -0.05) is 23.2 Å². The van der Waals surface area contributed by atoms with E-state index >= 15 is 0 Å². The SMILES string of the molecule is Cc1cc(C(=O)Nc2ccc(F)cc2)nc(Nc2ccc(Cl)cc2Cl)n1. The molecule has 0 saturated carbocycles. The number of aromatic nitrogens is 2. The molecule has 26 heavy (non-hydrogen) atoms. The Balaban J connectivity index is 1.82. The standard InChI is InChI=1S/C18H13Cl2FN4O/c1-10-8-16(17(26)23-13-5-3-12(21)4-6-13)25-18(22-10)24-15-7-2-11(19)9-14(15)20/h2-9H,1H3,(H,23,26)(H,22,24,25). The van der Waals surface area contributed by atoms with Crippen LogP contribution in [0.4, 0.5) is 21.7 Å². The third kappa shape index (κ3) is 4.47. The normalized spacial score (nSPS) is 10.5. The largest absolute Gasteiger partial charge is 0.323 e. The van der Waals surface area contributed by atoms with Crippen molar-refractivity contribution in [3.63, 3.8) is 0 Å². The van der Waals surface area contributed by atoms with Crippen LogP contribution < -0.4 is 10.6 Å². The van der Waals surface area contributed by atoms with E-state index in [0.29, 0.717) is 27.1 Å². The van der Waals surface area contributed by atoms with E-state index in [4.69, 9.17) is 23.2 Å². The van der Waals surface area contributed by atoms with Crippen LogP contribution in [0, 0.1) is 12.7 Å². The first-order chi connectivity index (χ1) is 12.4. The fourth-order valence-corrected chi connectivity index (χ4v) is 2.64. The van der Waals surface area contributed by atoms with Crippen LogP contribution in [-0.2, 0) is 0 Å². The number of amides is 1. The summed E-state index contributed by atoms with van der Waals surface area (Å²) in [5.41, 5.74) is 1.78. The summed E-state index contributed by atoms with van der Waals surface area (Å²) in [6, 6.07) is 12.0. The molecule has 132 valence electrons. The molecule has 1 amide bonds. The second kappa shape index (κ2) is 7.68. The Morgan fingerprint density at radius 3 is 2.46 bits per heavy atom. The van der Waals surface area contributed by atoms with Gasteiger partial charge in [0.2, 0.25) is 5.95 Å². The number of nitrogens with one attached hydrogen (secondary N) is 2. The van der Waals surface area contributed by atoms with Crippen molar-refractivity contribution in [2.45, 2.75) is 6.92 Å². The second-order valence-corrected chi connectivity index (χ2v) is 6.27. The molecule has 2 N–H and O–H groups in total. The molecule has 0 unspecified atom stereocenters. The van der Waals surface area contributed by atoms with Gasteiger partial charge in [-0.15, -0.1) is 0 Å². The first kappa shape index (κ1) is 18.1. The van der Waals surface area contributed by atoms with Crippen molar-refractivity contribution in [3.05, 3.63) is 75.8 Å². The Morgan fingerprint density at radius 1 is 1.04 bits per heavy atom. The van der Waals surface area contributed by atoms with Gasteiger partial charge in [-0.25, -0.2) is 14.4 Å². The van der Waals surface area contributed by atoms with E-state index in [2.05, 4.69) is 20.6 Å². The average Bonchev–Trinajstić information content (AvgIpc) is 2.59. The quantitative estimate of drug-likeness (QED) is 0.640. The summed E-state index contributed by atoms with van der Waals surface area (Å²) in [4.78, 5) is 20.9. The van der Waals surface area contributed by atoms with Gasteiger partial charge in [0.25, 0.3) is 5.91 Å². The Labute approximate surface area is 159 Å². The van der Waals surface area contributed by atoms with Crippen LogP contribution in [0.3, 0.4) is 0 Å². The minimum Gasteiger partial charge on any atom is -0.323 e. The Hall–Kier alpha value is -2.70. The topological polar surface area (TPSA) is 66.9 Å². The van der Waals surface area contributed by atoms with Crippen molar-refractivity contribution in [1.82, 2.24) is 9.97 Å². The van der Waals surface area contributed by atoms with Crippen molar-refractivity contribution >= 4 is 46.4 Å². The molecule has 2 aromatic carbocycles. The summed E-state index contributed by atoms with van der Waals surface area (Å²) in [7, 11) is 0. The number of anilines is 3. The van der Waals surface area contributed by atoms with Gasteiger partial charge in [-0.2, -0.15) is 0 Å². The maximum absolute atomic E-state index is 13.0. The summed E-state index contributed by atoms with van der Waals surface area (Å²) in [6.07, 6.45) is 0. The molecule has 3 aromatic rings. The van der Waals surface area contributed by atoms with Crippen molar-refractivity contribution in [3.8, 4) is 0 Å². The zero-order chi connectivity index (χ0) is 18.7. The lowest BCUT2D eigenvalue weighted by atomic mass is 10.2. The van der Waals surface area contributed by atoms with Crippen LogP contribution in [0.15, 0.2) is 48.5 Å². The lowest BCUT2D eigenvalue weighted by molar-refractivity contribution is 0.102. The molecule has 0 bridgehead atoms. The molecule has 0 aliphatic carbocycles. The number of benzene rings is 2. The molecule has 5 nitrogen and oxygen atoms in total.